The molecule has 0 rings (SSSR count). The summed E-state index contributed by atoms with van der Waals surface area (Å²) >= 11 is 0. The zero-order valence-electron chi connectivity index (χ0n) is 15.2. The van der Waals surface area contributed by atoms with Gasteiger partial charge in [0.05, 0.1) is 0 Å². The highest BCUT2D eigenvalue weighted by Crippen LogP contribution is 2.36. The predicted molar refractivity (Wildman–Crippen MR) is 92.6 cm³/mol. The van der Waals surface area contributed by atoms with Crippen molar-refractivity contribution < 1.29 is 13.3 Å². The first-order valence-electron chi connectivity index (χ1n) is 8.97. The van der Waals surface area contributed by atoms with E-state index in [9.17, 15) is 0 Å². The van der Waals surface area contributed by atoms with Crippen LogP contribution in [-0.2, 0) is 13.3 Å². The zero-order valence-corrected chi connectivity index (χ0v) is 16.2. The van der Waals surface area contributed by atoms with E-state index < -0.39 is 8.80 Å². The average molecular weight is 319 g/mol. The van der Waals surface area contributed by atoms with Crippen LogP contribution in [0.25, 0.3) is 0 Å². The van der Waals surface area contributed by atoms with E-state index >= 15 is 0 Å². The summed E-state index contributed by atoms with van der Waals surface area (Å²) in [4.78, 5) is 0. The van der Waals surface area contributed by atoms with Gasteiger partial charge in [0.2, 0.25) is 0 Å². The van der Waals surface area contributed by atoms with Crippen LogP contribution < -0.4 is 0 Å². The first-order chi connectivity index (χ1) is 10.1. The minimum absolute atomic E-state index is 0.437. The molecule has 128 valence electrons. The van der Waals surface area contributed by atoms with E-state index in [1.54, 1.807) is 0 Å². The molecular weight excluding hydrogens is 280 g/mol. The molecule has 0 fully saturated rings. The summed E-state index contributed by atoms with van der Waals surface area (Å²) in [5.74, 6) is 0.647. The molecule has 0 aromatic rings. The molecule has 0 amide bonds. The molecule has 0 spiro atoms. The highest BCUT2D eigenvalue weighted by molar-refractivity contribution is 6.62. The van der Waals surface area contributed by atoms with Crippen LogP contribution in [0.2, 0.25) is 5.54 Å². The molecule has 0 aromatic carbocycles. The molecule has 0 aliphatic heterocycles. The third kappa shape index (κ3) is 8.34. The Labute approximate surface area is 134 Å². The van der Waals surface area contributed by atoms with Crippen LogP contribution in [0.15, 0.2) is 0 Å². The lowest BCUT2D eigenvalue weighted by atomic mass is 10.1. The molecule has 1 atom stereocenters. The van der Waals surface area contributed by atoms with Gasteiger partial charge in [-0.2, -0.15) is 0 Å². The number of rotatable bonds is 14. The van der Waals surface area contributed by atoms with Crippen molar-refractivity contribution in [2.45, 2.75) is 85.6 Å². The zero-order chi connectivity index (χ0) is 16.1. The third-order valence-corrected chi connectivity index (χ3v) is 6.76. The van der Waals surface area contributed by atoms with Crippen LogP contribution >= 0.6 is 0 Å². The normalized spacial score (nSPS) is 13.9. The summed E-state index contributed by atoms with van der Waals surface area (Å²) in [6, 6.07) is 0. The molecule has 0 heterocycles. The molecule has 21 heavy (non-hydrogen) atoms. The van der Waals surface area contributed by atoms with Crippen molar-refractivity contribution in [1.29, 1.82) is 0 Å². The largest absolute Gasteiger partial charge is 0.504 e. The lowest BCUT2D eigenvalue weighted by Gasteiger charge is -2.37. The van der Waals surface area contributed by atoms with E-state index in [4.69, 9.17) is 13.3 Å². The fourth-order valence-corrected chi connectivity index (χ4v) is 6.39. The molecule has 0 saturated carbocycles. The van der Waals surface area contributed by atoms with Crippen molar-refractivity contribution in [3.05, 3.63) is 0 Å². The molecule has 0 saturated heterocycles. The van der Waals surface area contributed by atoms with E-state index in [2.05, 4.69) is 41.5 Å². The van der Waals surface area contributed by atoms with Crippen molar-refractivity contribution >= 4 is 8.80 Å². The maximum atomic E-state index is 6.29. The molecule has 0 bridgehead atoms. The summed E-state index contributed by atoms with van der Waals surface area (Å²) in [5, 5.41) is 0. The lowest BCUT2D eigenvalue weighted by molar-refractivity contribution is 0.0457. The monoisotopic (exact) mass is 318 g/mol. The summed E-state index contributed by atoms with van der Waals surface area (Å²) in [6.07, 6.45) is 6.48. The van der Waals surface area contributed by atoms with Crippen molar-refractivity contribution in [3.8, 4) is 0 Å². The maximum absolute atomic E-state index is 6.29. The minimum atomic E-state index is -2.57. The first-order valence-corrected chi connectivity index (χ1v) is 10.8. The Morgan fingerprint density at radius 3 is 1.43 bits per heavy atom. The fraction of sp³-hybridized carbons (Fsp3) is 1.00. The second-order valence-electron chi connectivity index (χ2n) is 6.26. The van der Waals surface area contributed by atoms with Gasteiger partial charge in [0.25, 0.3) is 0 Å². The van der Waals surface area contributed by atoms with Gasteiger partial charge >= 0.3 is 8.80 Å². The van der Waals surface area contributed by atoms with Crippen molar-refractivity contribution in [3.63, 3.8) is 0 Å². The van der Waals surface area contributed by atoms with E-state index in [-0.39, 0.29) is 0 Å². The Hall–Kier alpha value is 0.0969. The minimum Gasteiger partial charge on any atom is -0.373 e. The Morgan fingerprint density at radius 1 is 0.714 bits per heavy atom. The van der Waals surface area contributed by atoms with Crippen LogP contribution in [0.5, 0.6) is 0 Å². The average Bonchev–Trinajstić information content (AvgIpc) is 2.46. The van der Waals surface area contributed by atoms with Crippen LogP contribution in [0.1, 0.15) is 80.1 Å². The van der Waals surface area contributed by atoms with Gasteiger partial charge in [-0.05, 0) is 38.0 Å². The lowest BCUT2D eigenvalue weighted by Crippen LogP contribution is -2.51. The fourth-order valence-electron chi connectivity index (χ4n) is 2.57. The molecule has 3 nitrogen and oxygen atoms in total. The molecular formula is C17H38O3Si. The Kier molecular flexibility index (Phi) is 12.7. The van der Waals surface area contributed by atoms with Gasteiger partial charge < -0.3 is 13.3 Å². The maximum Gasteiger partial charge on any atom is 0.504 e. The summed E-state index contributed by atoms with van der Waals surface area (Å²) in [7, 11) is -2.57. The predicted octanol–water partition coefficient (Wildman–Crippen LogP) is 5.42. The number of hydrogen-bond donors (Lipinski definition) is 0. The number of hydrogen-bond acceptors (Lipinski definition) is 3. The molecule has 0 aliphatic rings. The van der Waals surface area contributed by atoms with E-state index in [1.165, 1.54) is 0 Å². The molecule has 0 aliphatic carbocycles. The summed E-state index contributed by atoms with van der Waals surface area (Å²) in [6.45, 7) is 15.5. The second-order valence-corrected chi connectivity index (χ2v) is 9.15. The van der Waals surface area contributed by atoms with Gasteiger partial charge in [-0.25, -0.2) is 0 Å². The van der Waals surface area contributed by atoms with Crippen molar-refractivity contribution in [2.75, 3.05) is 19.8 Å². The first kappa shape index (κ1) is 21.1. The Balaban J connectivity index is 5.17. The highest BCUT2D eigenvalue weighted by Gasteiger charge is 2.48. The highest BCUT2D eigenvalue weighted by atomic mass is 28.4. The van der Waals surface area contributed by atoms with Gasteiger partial charge in [-0.3, -0.25) is 0 Å². The van der Waals surface area contributed by atoms with Gasteiger partial charge in [0, 0.05) is 25.4 Å². The summed E-state index contributed by atoms with van der Waals surface area (Å²) in [5.41, 5.74) is 0.437. The Bertz CT molecular complexity index is 212. The van der Waals surface area contributed by atoms with E-state index in [0.717, 1.165) is 58.3 Å². The van der Waals surface area contributed by atoms with Gasteiger partial charge in [0.1, 0.15) is 0 Å². The van der Waals surface area contributed by atoms with Crippen LogP contribution in [0.3, 0.4) is 0 Å². The van der Waals surface area contributed by atoms with Crippen LogP contribution in [-0.4, -0.2) is 28.6 Å². The molecule has 4 heteroatoms. The topological polar surface area (TPSA) is 27.7 Å². The second kappa shape index (κ2) is 12.6. The van der Waals surface area contributed by atoms with Crippen LogP contribution in [0, 0.1) is 5.92 Å². The summed E-state index contributed by atoms with van der Waals surface area (Å²) < 4.78 is 18.9. The Morgan fingerprint density at radius 2 is 1.14 bits per heavy atom. The molecule has 0 N–H and O–H groups in total. The smallest absolute Gasteiger partial charge is 0.373 e. The standard InChI is InChI=1S/C17H38O3Si/c1-7-11-17(15-16(5)6)21(18-12-8-2,19-13-9-3)20-14-10-4/h16-17H,7-15H2,1-6H3. The molecule has 0 aromatic heterocycles. The van der Waals surface area contributed by atoms with Gasteiger partial charge in [-0.1, -0.05) is 48.0 Å². The third-order valence-electron chi connectivity index (χ3n) is 3.42. The quantitative estimate of drug-likeness (QED) is 0.400. The van der Waals surface area contributed by atoms with E-state index in [0.29, 0.717) is 11.5 Å². The van der Waals surface area contributed by atoms with E-state index in [1.807, 2.05) is 0 Å². The van der Waals surface area contributed by atoms with Crippen molar-refractivity contribution in [2.24, 2.45) is 5.92 Å². The van der Waals surface area contributed by atoms with Gasteiger partial charge in [0.15, 0.2) is 0 Å². The molecule has 0 radical (unpaired) electrons. The SMILES string of the molecule is CCCO[Si](OCCC)(OCCC)C(CCC)CC(C)C. The van der Waals surface area contributed by atoms with Crippen LogP contribution in [0.4, 0.5) is 0 Å². The molecule has 1 unspecified atom stereocenters. The van der Waals surface area contributed by atoms with Crippen molar-refractivity contribution in [1.82, 2.24) is 0 Å². The van der Waals surface area contributed by atoms with Gasteiger partial charge in [-0.15, -0.1) is 0 Å².